The Hall–Kier alpha value is -2.49. The summed E-state index contributed by atoms with van der Waals surface area (Å²) in [5.74, 6) is 0.235. The first-order valence-electron chi connectivity index (χ1n) is 11.2. The van der Waals surface area contributed by atoms with Gasteiger partial charge in [-0.15, -0.1) is 0 Å². The van der Waals surface area contributed by atoms with Gasteiger partial charge in [-0.1, -0.05) is 37.3 Å². The number of thiazole rings is 1. The van der Waals surface area contributed by atoms with Crippen molar-refractivity contribution in [2.45, 2.75) is 31.3 Å². The number of rotatable bonds is 5. The summed E-state index contributed by atoms with van der Waals surface area (Å²) in [6.45, 7) is 6.42. The molecule has 0 saturated carbocycles. The van der Waals surface area contributed by atoms with Crippen LogP contribution < -0.4 is 4.90 Å². The molecule has 2 saturated heterocycles. The maximum Gasteiger partial charge on any atom is 0.338 e. The zero-order chi connectivity index (χ0) is 23.2. The maximum atomic E-state index is 13.0. The minimum absolute atomic E-state index is 0.204. The molecule has 0 radical (unpaired) electrons. The number of piperidine rings is 1. The Morgan fingerprint density at radius 1 is 1.00 bits per heavy atom. The number of para-hydroxylation sites is 1. The Labute approximate surface area is 198 Å². The molecule has 2 aliphatic heterocycles. The van der Waals surface area contributed by atoms with E-state index in [1.165, 1.54) is 24.3 Å². The third-order valence-corrected chi connectivity index (χ3v) is 9.18. The molecular formula is C24H27N3O4S2. The van der Waals surface area contributed by atoms with Gasteiger partial charge in [-0.3, -0.25) is 0 Å². The summed E-state index contributed by atoms with van der Waals surface area (Å²) in [5.41, 5.74) is 1.33. The molecule has 2 aliphatic rings. The predicted molar refractivity (Wildman–Crippen MR) is 129 cm³/mol. The number of carbonyl (C=O) groups is 1. The molecule has 2 aromatic carbocycles. The van der Waals surface area contributed by atoms with E-state index in [0.29, 0.717) is 43.6 Å². The minimum Gasteiger partial charge on any atom is -0.455 e. The third kappa shape index (κ3) is 4.49. The Kier molecular flexibility index (Phi) is 5.88. The van der Waals surface area contributed by atoms with E-state index in [2.05, 4.69) is 23.7 Å². The van der Waals surface area contributed by atoms with Crippen LogP contribution in [0.3, 0.4) is 0 Å². The SMILES string of the molecule is CC1CC(C)CN(S(=O)(=O)c2ccc(C(=O)OC3CN(c4nc5ccccc5s4)C3)cc2)C1. The van der Waals surface area contributed by atoms with Crippen LogP contribution in [0.5, 0.6) is 0 Å². The topological polar surface area (TPSA) is 79.8 Å². The first kappa shape index (κ1) is 22.3. The second-order valence-electron chi connectivity index (χ2n) is 9.19. The largest absolute Gasteiger partial charge is 0.455 e. The molecule has 3 heterocycles. The van der Waals surface area contributed by atoms with Gasteiger partial charge in [0.15, 0.2) is 5.13 Å². The number of aromatic nitrogens is 1. The number of hydrogen-bond donors (Lipinski definition) is 0. The number of benzene rings is 2. The molecule has 0 N–H and O–H groups in total. The highest BCUT2D eigenvalue weighted by Gasteiger charge is 2.33. The van der Waals surface area contributed by atoms with E-state index in [-0.39, 0.29) is 11.0 Å². The summed E-state index contributed by atoms with van der Waals surface area (Å²) in [6.07, 6.45) is 0.832. The van der Waals surface area contributed by atoms with E-state index < -0.39 is 16.0 Å². The highest BCUT2D eigenvalue weighted by molar-refractivity contribution is 7.89. The van der Waals surface area contributed by atoms with E-state index in [1.807, 2.05) is 24.3 Å². The highest BCUT2D eigenvalue weighted by Crippen LogP contribution is 2.32. The van der Waals surface area contributed by atoms with Crippen LogP contribution in [0.1, 0.15) is 30.6 Å². The summed E-state index contributed by atoms with van der Waals surface area (Å²) < 4.78 is 34.4. The van der Waals surface area contributed by atoms with Gasteiger partial charge in [-0.05, 0) is 54.7 Å². The van der Waals surface area contributed by atoms with Gasteiger partial charge in [0.2, 0.25) is 10.0 Å². The van der Waals surface area contributed by atoms with Crippen molar-refractivity contribution < 1.29 is 17.9 Å². The van der Waals surface area contributed by atoms with Gasteiger partial charge in [-0.2, -0.15) is 4.31 Å². The summed E-state index contributed by atoms with van der Waals surface area (Å²) in [5, 5.41) is 0.930. The molecule has 0 amide bonds. The van der Waals surface area contributed by atoms with Crippen molar-refractivity contribution in [3.05, 3.63) is 54.1 Å². The average molecular weight is 486 g/mol. The molecule has 1 aromatic heterocycles. The van der Waals surface area contributed by atoms with Crippen LogP contribution in [0.2, 0.25) is 0 Å². The fraction of sp³-hybridized carbons (Fsp3) is 0.417. The summed E-state index contributed by atoms with van der Waals surface area (Å²) in [6, 6.07) is 14.1. The number of anilines is 1. The number of nitrogens with zero attached hydrogens (tertiary/aromatic N) is 3. The average Bonchev–Trinajstić information content (AvgIpc) is 3.18. The van der Waals surface area contributed by atoms with Gasteiger partial charge in [-0.25, -0.2) is 18.2 Å². The lowest BCUT2D eigenvalue weighted by molar-refractivity contribution is 0.0234. The predicted octanol–water partition coefficient (Wildman–Crippen LogP) is 4.01. The standard InChI is InChI=1S/C24H27N3O4S2/c1-16-11-17(2)13-27(12-16)33(29,30)20-9-7-18(8-10-20)23(28)31-19-14-26(15-19)24-25-21-5-3-4-6-22(21)32-24/h3-10,16-17,19H,11-15H2,1-2H3. The van der Waals surface area contributed by atoms with Crippen molar-refractivity contribution in [3.8, 4) is 0 Å². The summed E-state index contributed by atoms with van der Waals surface area (Å²) >= 11 is 1.63. The van der Waals surface area contributed by atoms with Crippen molar-refractivity contribution in [2.75, 3.05) is 31.1 Å². The van der Waals surface area contributed by atoms with Crippen molar-refractivity contribution in [3.63, 3.8) is 0 Å². The van der Waals surface area contributed by atoms with Crippen LogP contribution in [-0.4, -0.2) is 56.0 Å². The normalized spacial score (nSPS) is 22.3. The lowest BCUT2D eigenvalue weighted by atomic mass is 9.94. The van der Waals surface area contributed by atoms with Gasteiger partial charge >= 0.3 is 5.97 Å². The molecule has 5 rings (SSSR count). The monoisotopic (exact) mass is 485 g/mol. The maximum absolute atomic E-state index is 13.0. The molecule has 2 fully saturated rings. The Balaban J connectivity index is 1.19. The second-order valence-corrected chi connectivity index (χ2v) is 12.1. The molecule has 0 spiro atoms. The quantitative estimate of drug-likeness (QED) is 0.508. The fourth-order valence-electron chi connectivity index (χ4n) is 4.60. The van der Waals surface area contributed by atoms with E-state index in [1.54, 1.807) is 15.6 Å². The molecule has 0 bridgehead atoms. The molecule has 33 heavy (non-hydrogen) atoms. The van der Waals surface area contributed by atoms with E-state index >= 15 is 0 Å². The molecular weight excluding hydrogens is 458 g/mol. The number of sulfonamides is 1. The molecule has 3 aromatic rings. The number of carbonyl (C=O) groups excluding carboxylic acids is 1. The van der Waals surface area contributed by atoms with E-state index in [4.69, 9.17) is 4.74 Å². The second kappa shape index (κ2) is 8.70. The van der Waals surface area contributed by atoms with E-state index in [0.717, 1.165) is 21.8 Å². The van der Waals surface area contributed by atoms with Crippen molar-refractivity contribution >= 4 is 42.7 Å². The lowest BCUT2D eigenvalue weighted by Crippen LogP contribution is -2.53. The molecule has 0 aliphatic carbocycles. The molecule has 9 heteroatoms. The van der Waals surface area contributed by atoms with Gasteiger partial charge in [0.05, 0.1) is 33.8 Å². The lowest BCUT2D eigenvalue weighted by Gasteiger charge is -2.38. The van der Waals surface area contributed by atoms with Crippen LogP contribution in [-0.2, 0) is 14.8 Å². The molecule has 7 nitrogen and oxygen atoms in total. The van der Waals surface area contributed by atoms with Crippen LogP contribution in [0.15, 0.2) is 53.4 Å². The first-order chi connectivity index (χ1) is 15.8. The molecule has 2 atom stereocenters. The fourth-order valence-corrected chi connectivity index (χ4v) is 7.26. The number of hydrogen-bond acceptors (Lipinski definition) is 7. The zero-order valence-electron chi connectivity index (χ0n) is 18.7. The Morgan fingerprint density at radius 3 is 2.33 bits per heavy atom. The van der Waals surface area contributed by atoms with Crippen LogP contribution in [0.25, 0.3) is 10.2 Å². The number of fused-ring (bicyclic) bond motifs is 1. The minimum atomic E-state index is -3.57. The Morgan fingerprint density at radius 2 is 1.67 bits per heavy atom. The Bertz CT molecular complexity index is 1220. The highest BCUT2D eigenvalue weighted by atomic mass is 32.2. The van der Waals surface area contributed by atoms with Gasteiger partial charge < -0.3 is 9.64 Å². The number of esters is 1. The van der Waals surface area contributed by atoms with Gasteiger partial charge in [0.1, 0.15) is 6.10 Å². The number of ether oxygens (including phenoxy) is 1. The van der Waals surface area contributed by atoms with Gasteiger partial charge in [0, 0.05) is 13.1 Å². The zero-order valence-corrected chi connectivity index (χ0v) is 20.3. The molecule has 174 valence electrons. The van der Waals surface area contributed by atoms with Gasteiger partial charge in [0.25, 0.3) is 0 Å². The van der Waals surface area contributed by atoms with Crippen LogP contribution >= 0.6 is 11.3 Å². The molecule has 2 unspecified atom stereocenters. The summed E-state index contributed by atoms with van der Waals surface area (Å²) in [7, 11) is -3.57. The van der Waals surface area contributed by atoms with Crippen molar-refractivity contribution in [2.24, 2.45) is 11.8 Å². The summed E-state index contributed by atoms with van der Waals surface area (Å²) in [4.78, 5) is 19.5. The van der Waals surface area contributed by atoms with Crippen LogP contribution in [0.4, 0.5) is 5.13 Å². The van der Waals surface area contributed by atoms with Crippen molar-refractivity contribution in [1.82, 2.24) is 9.29 Å². The first-order valence-corrected chi connectivity index (χ1v) is 13.5. The van der Waals surface area contributed by atoms with Crippen LogP contribution in [0, 0.1) is 11.8 Å². The van der Waals surface area contributed by atoms with Crippen molar-refractivity contribution in [1.29, 1.82) is 0 Å². The third-order valence-electron chi connectivity index (χ3n) is 6.24. The smallest absolute Gasteiger partial charge is 0.338 e. The van der Waals surface area contributed by atoms with E-state index in [9.17, 15) is 13.2 Å².